The number of nitrogens with one attached hydrogen (secondary N) is 1. The average Bonchev–Trinajstić information content (AvgIpc) is 2.70. The van der Waals surface area contributed by atoms with Crippen molar-refractivity contribution < 1.29 is 18.3 Å². The van der Waals surface area contributed by atoms with Crippen molar-refractivity contribution in [3.8, 4) is 0 Å². The van der Waals surface area contributed by atoms with Gasteiger partial charge in [0.05, 0.1) is 0 Å². The number of piperidine rings is 1. The normalized spacial score (nSPS) is 36.1. The number of hydrogen-bond acceptors (Lipinski definition) is 3. The lowest BCUT2D eigenvalue weighted by Gasteiger charge is -2.33. The van der Waals surface area contributed by atoms with Gasteiger partial charge in [-0.15, -0.1) is 0 Å². The average molecular weight is 304 g/mol. The third-order valence-corrected chi connectivity index (χ3v) is 6.47. The topological polar surface area (TPSA) is 86.7 Å². The van der Waals surface area contributed by atoms with Gasteiger partial charge in [0.25, 0.3) is 10.2 Å². The Labute approximate surface area is 120 Å². The second-order valence-electron chi connectivity index (χ2n) is 6.10. The molecule has 1 saturated carbocycles. The molecule has 2 aliphatic rings. The van der Waals surface area contributed by atoms with Crippen LogP contribution in [-0.4, -0.2) is 42.4 Å². The summed E-state index contributed by atoms with van der Waals surface area (Å²) in [6.45, 7) is 4.47. The van der Waals surface area contributed by atoms with E-state index in [4.69, 9.17) is 0 Å². The molecule has 0 radical (unpaired) electrons. The third kappa shape index (κ3) is 3.15. The molecule has 6 nitrogen and oxygen atoms in total. The monoisotopic (exact) mass is 304 g/mol. The fourth-order valence-corrected chi connectivity index (χ4v) is 4.98. The van der Waals surface area contributed by atoms with Gasteiger partial charge in [0.1, 0.15) is 6.04 Å². The molecule has 0 aromatic heterocycles. The van der Waals surface area contributed by atoms with E-state index in [0.717, 1.165) is 30.0 Å². The van der Waals surface area contributed by atoms with Crippen LogP contribution in [0.1, 0.15) is 46.0 Å². The fourth-order valence-electron chi connectivity index (χ4n) is 3.23. The van der Waals surface area contributed by atoms with Gasteiger partial charge < -0.3 is 5.11 Å². The van der Waals surface area contributed by atoms with E-state index in [0.29, 0.717) is 18.9 Å². The van der Waals surface area contributed by atoms with Crippen LogP contribution in [0.15, 0.2) is 0 Å². The molecule has 4 unspecified atom stereocenters. The van der Waals surface area contributed by atoms with Gasteiger partial charge >= 0.3 is 5.97 Å². The molecule has 2 fully saturated rings. The van der Waals surface area contributed by atoms with Crippen molar-refractivity contribution in [3.05, 3.63) is 0 Å². The highest BCUT2D eigenvalue weighted by molar-refractivity contribution is 7.87. The fraction of sp³-hybridized carbons (Fsp3) is 0.923. The van der Waals surface area contributed by atoms with E-state index in [1.165, 1.54) is 0 Å². The molecule has 1 aliphatic heterocycles. The molecular weight excluding hydrogens is 280 g/mol. The Kier molecular flexibility index (Phi) is 4.71. The first-order chi connectivity index (χ1) is 9.33. The Morgan fingerprint density at radius 1 is 1.20 bits per heavy atom. The van der Waals surface area contributed by atoms with Crippen LogP contribution in [0.2, 0.25) is 0 Å². The lowest BCUT2D eigenvalue weighted by atomic mass is 9.98. The quantitative estimate of drug-likeness (QED) is 0.817. The van der Waals surface area contributed by atoms with Crippen molar-refractivity contribution in [1.29, 1.82) is 0 Å². The maximum Gasteiger partial charge on any atom is 0.322 e. The van der Waals surface area contributed by atoms with Crippen molar-refractivity contribution in [1.82, 2.24) is 9.03 Å². The van der Waals surface area contributed by atoms with E-state index in [1.54, 1.807) is 0 Å². The summed E-state index contributed by atoms with van der Waals surface area (Å²) < 4.78 is 28.8. The van der Waals surface area contributed by atoms with Crippen LogP contribution >= 0.6 is 0 Å². The first kappa shape index (κ1) is 15.7. The van der Waals surface area contributed by atoms with Gasteiger partial charge in [-0.25, -0.2) is 0 Å². The van der Waals surface area contributed by atoms with Crippen molar-refractivity contribution in [2.45, 2.75) is 58.0 Å². The van der Waals surface area contributed by atoms with E-state index in [-0.39, 0.29) is 12.0 Å². The summed E-state index contributed by atoms with van der Waals surface area (Å²) in [5.74, 6) is -0.264. The Morgan fingerprint density at radius 2 is 1.90 bits per heavy atom. The van der Waals surface area contributed by atoms with E-state index in [2.05, 4.69) is 18.6 Å². The number of rotatable bonds is 4. The maximum atomic E-state index is 12.5. The van der Waals surface area contributed by atoms with E-state index < -0.39 is 22.2 Å². The zero-order valence-electron chi connectivity index (χ0n) is 12.1. The summed E-state index contributed by atoms with van der Waals surface area (Å²) in [7, 11) is -3.71. The summed E-state index contributed by atoms with van der Waals surface area (Å²) in [6.07, 6.45) is 3.72. The summed E-state index contributed by atoms with van der Waals surface area (Å²) in [5.41, 5.74) is 0. The second kappa shape index (κ2) is 5.99. The van der Waals surface area contributed by atoms with Gasteiger partial charge in [-0.05, 0) is 43.9 Å². The molecule has 4 atom stereocenters. The number of hydrogen-bond donors (Lipinski definition) is 2. The zero-order valence-corrected chi connectivity index (χ0v) is 12.9. The van der Waals surface area contributed by atoms with Crippen LogP contribution in [0.3, 0.4) is 0 Å². The van der Waals surface area contributed by atoms with Crippen molar-refractivity contribution in [2.24, 2.45) is 11.8 Å². The molecule has 20 heavy (non-hydrogen) atoms. The van der Waals surface area contributed by atoms with Gasteiger partial charge in [-0.3, -0.25) is 4.79 Å². The van der Waals surface area contributed by atoms with Crippen LogP contribution in [0.4, 0.5) is 0 Å². The lowest BCUT2D eigenvalue weighted by Crippen LogP contribution is -2.54. The molecule has 7 heteroatoms. The molecule has 1 aliphatic carbocycles. The molecule has 0 aromatic rings. The molecule has 2 N–H and O–H groups in total. The SMILES string of the molecule is CC1CCC(NS(=O)(=O)N2CCCCC2C(=O)O)C1C. The summed E-state index contributed by atoms with van der Waals surface area (Å²) in [4.78, 5) is 11.2. The zero-order chi connectivity index (χ0) is 14.9. The highest BCUT2D eigenvalue weighted by Crippen LogP contribution is 2.32. The van der Waals surface area contributed by atoms with Crippen LogP contribution in [0, 0.1) is 11.8 Å². The molecule has 0 amide bonds. The van der Waals surface area contributed by atoms with Crippen LogP contribution in [-0.2, 0) is 15.0 Å². The van der Waals surface area contributed by atoms with Crippen LogP contribution in [0.5, 0.6) is 0 Å². The van der Waals surface area contributed by atoms with Crippen molar-refractivity contribution in [2.75, 3.05) is 6.54 Å². The van der Waals surface area contributed by atoms with Gasteiger partial charge in [0.15, 0.2) is 0 Å². The highest BCUT2D eigenvalue weighted by Gasteiger charge is 2.40. The Morgan fingerprint density at radius 3 is 2.45 bits per heavy atom. The first-order valence-corrected chi connectivity index (χ1v) is 8.79. The van der Waals surface area contributed by atoms with E-state index >= 15 is 0 Å². The van der Waals surface area contributed by atoms with Gasteiger partial charge in [0, 0.05) is 12.6 Å². The smallest absolute Gasteiger partial charge is 0.322 e. The standard InChI is InChI=1S/C13H24N2O4S/c1-9-6-7-11(10(9)2)14-20(18,19)15-8-4-3-5-12(15)13(16)17/h9-12,14H,3-8H2,1-2H3,(H,16,17). The number of carboxylic acids is 1. The maximum absolute atomic E-state index is 12.5. The second-order valence-corrected chi connectivity index (χ2v) is 7.76. The van der Waals surface area contributed by atoms with Crippen LogP contribution < -0.4 is 4.72 Å². The predicted molar refractivity (Wildman–Crippen MR) is 75.4 cm³/mol. The molecular formula is C13H24N2O4S. The summed E-state index contributed by atoms with van der Waals surface area (Å²) in [5, 5.41) is 9.19. The third-order valence-electron chi connectivity index (χ3n) is 4.81. The van der Waals surface area contributed by atoms with Crippen LogP contribution in [0.25, 0.3) is 0 Å². The van der Waals surface area contributed by atoms with E-state index in [1.807, 2.05) is 0 Å². The number of nitrogens with zero attached hydrogens (tertiary/aromatic N) is 1. The molecule has 0 aromatic carbocycles. The molecule has 116 valence electrons. The first-order valence-electron chi connectivity index (χ1n) is 7.35. The Balaban J connectivity index is 2.10. The summed E-state index contributed by atoms with van der Waals surface area (Å²) >= 11 is 0. The van der Waals surface area contributed by atoms with Gasteiger partial charge in [-0.2, -0.15) is 17.4 Å². The van der Waals surface area contributed by atoms with E-state index in [9.17, 15) is 18.3 Å². The number of aliphatic carboxylic acids is 1. The molecule has 1 heterocycles. The Hall–Kier alpha value is -0.660. The largest absolute Gasteiger partial charge is 0.480 e. The van der Waals surface area contributed by atoms with Crippen molar-refractivity contribution in [3.63, 3.8) is 0 Å². The van der Waals surface area contributed by atoms with Crippen molar-refractivity contribution >= 4 is 16.2 Å². The number of carbonyl (C=O) groups is 1. The molecule has 2 rings (SSSR count). The van der Waals surface area contributed by atoms with Gasteiger partial charge in [-0.1, -0.05) is 13.8 Å². The summed E-state index contributed by atoms with van der Waals surface area (Å²) in [6, 6.07) is -0.998. The van der Waals surface area contributed by atoms with Gasteiger partial charge in [0.2, 0.25) is 0 Å². The minimum Gasteiger partial charge on any atom is -0.480 e. The molecule has 1 saturated heterocycles. The molecule has 0 bridgehead atoms. The minimum absolute atomic E-state index is 0.0774. The molecule has 0 spiro atoms. The lowest BCUT2D eigenvalue weighted by molar-refractivity contribution is -0.142. The minimum atomic E-state index is -3.71. The Bertz CT molecular complexity index is 465. The highest BCUT2D eigenvalue weighted by atomic mass is 32.2. The number of carboxylic acid groups (broad SMARTS) is 1. The predicted octanol–water partition coefficient (Wildman–Crippen LogP) is 1.19.